The lowest BCUT2D eigenvalue weighted by atomic mass is 10.0. The minimum absolute atomic E-state index is 0.119. The summed E-state index contributed by atoms with van der Waals surface area (Å²) < 4.78 is 39.1. The minimum Gasteiger partial charge on any atom is -0.495 e. The second-order valence-electron chi connectivity index (χ2n) is 7.51. The van der Waals surface area contributed by atoms with Gasteiger partial charge in [0.1, 0.15) is 16.4 Å². The highest BCUT2D eigenvalue weighted by Crippen LogP contribution is 2.31. The molecule has 0 aromatic heterocycles. The van der Waals surface area contributed by atoms with Crippen molar-refractivity contribution in [1.82, 2.24) is 0 Å². The third-order valence-corrected chi connectivity index (χ3v) is 6.49. The predicted octanol–water partition coefficient (Wildman–Crippen LogP) is 5.29. The molecule has 33 heavy (non-hydrogen) atoms. The van der Waals surface area contributed by atoms with Gasteiger partial charge in [-0.15, -0.1) is 0 Å². The van der Waals surface area contributed by atoms with E-state index in [9.17, 15) is 13.2 Å². The van der Waals surface area contributed by atoms with Crippen molar-refractivity contribution >= 4 is 38.9 Å². The summed E-state index contributed by atoms with van der Waals surface area (Å²) in [5.74, 6) is 0.649. The number of ether oxygens (including phenoxy) is 2. The van der Waals surface area contributed by atoms with Crippen LogP contribution in [-0.2, 0) is 14.8 Å². The second-order valence-corrected chi connectivity index (χ2v) is 9.57. The minimum atomic E-state index is -4.05. The summed E-state index contributed by atoms with van der Waals surface area (Å²) in [7, 11) is -2.68. The van der Waals surface area contributed by atoms with Gasteiger partial charge in [-0.25, -0.2) is 8.42 Å². The molecule has 2 N–H and O–H groups in total. The van der Waals surface area contributed by atoms with Crippen LogP contribution < -0.4 is 19.5 Å². The van der Waals surface area contributed by atoms with Gasteiger partial charge in [-0.05, 0) is 53.9 Å². The first kappa shape index (κ1) is 24.4. The lowest BCUT2D eigenvalue weighted by Gasteiger charge is -2.14. The van der Waals surface area contributed by atoms with Crippen molar-refractivity contribution < 1.29 is 22.7 Å². The highest BCUT2D eigenvalue weighted by atomic mass is 35.5. The molecule has 3 rings (SSSR count). The van der Waals surface area contributed by atoms with E-state index in [1.165, 1.54) is 24.8 Å². The van der Waals surface area contributed by atoms with Crippen LogP contribution >= 0.6 is 11.6 Å². The molecule has 0 aliphatic carbocycles. The average molecular weight is 489 g/mol. The molecule has 0 aliphatic heterocycles. The zero-order chi connectivity index (χ0) is 24.0. The van der Waals surface area contributed by atoms with Crippen molar-refractivity contribution in [3.8, 4) is 11.5 Å². The topological polar surface area (TPSA) is 93.7 Å². The van der Waals surface area contributed by atoms with Gasteiger partial charge in [0.2, 0.25) is 0 Å². The summed E-state index contributed by atoms with van der Waals surface area (Å²) in [6, 6.07) is 18.3. The van der Waals surface area contributed by atoms with Gasteiger partial charge in [0, 0.05) is 5.69 Å². The number of hydrogen-bond donors (Lipinski definition) is 2. The maximum atomic E-state index is 13.0. The lowest BCUT2D eigenvalue weighted by molar-refractivity contribution is -0.118. The Labute approximate surface area is 198 Å². The Balaban J connectivity index is 1.72. The summed E-state index contributed by atoms with van der Waals surface area (Å²) in [5, 5.41) is 2.90. The first-order valence-electron chi connectivity index (χ1n) is 10.2. The Morgan fingerprint density at radius 3 is 2.36 bits per heavy atom. The fraction of sp³-hybridized carbons (Fsp3) is 0.208. The molecule has 3 aromatic carbocycles. The fourth-order valence-electron chi connectivity index (χ4n) is 3.00. The summed E-state index contributed by atoms with van der Waals surface area (Å²) in [4.78, 5) is 12.2. The second kappa shape index (κ2) is 10.6. The molecule has 0 spiro atoms. The van der Waals surface area contributed by atoms with Crippen LogP contribution in [0.15, 0.2) is 71.6 Å². The molecule has 0 radical (unpaired) electrons. The largest absolute Gasteiger partial charge is 0.495 e. The van der Waals surface area contributed by atoms with Crippen molar-refractivity contribution in [2.75, 3.05) is 23.8 Å². The van der Waals surface area contributed by atoms with Crippen LogP contribution in [0.3, 0.4) is 0 Å². The van der Waals surface area contributed by atoms with Crippen LogP contribution in [0.25, 0.3) is 0 Å². The molecule has 7 nitrogen and oxygen atoms in total. The first-order chi connectivity index (χ1) is 15.7. The number of carbonyl (C=O) groups excluding carboxylic acids is 1. The number of sulfonamides is 1. The van der Waals surface area contributed by atoms with Crippen LogP contribution in [0, 0.1) is 0 Å². The van der Waals surface area contributed by atoms with Crippen LogP contribution in [0.2, 0.25) is 5.02 Å². The number of benzene rings is 3. The highest BCUT2D eigenvalue weighted by Gasteiger charge is 2.22. The van der Waals surface area contributed by atoms with Gasteiger partial charge in [0.25, 0.3) is 15.9 Å². The third-order valence-electron chi connectivity index (χ3n) is 4.77. The molecule has 0 saturated heterocycles. The van der Waals surface area contributed by atoms with E-state index in [4.69, 9.17) is 21.1 Å². The molecule has 0 saturated carbocycles. The van der Waals surface area contributed by atoms with Gasteiger partial charge in [-0.3, -0.25) is 9.52 Å². The Kier molecular flexibility index (Phi) is 7.84. The van der Waals surface area contributed by atoms with E-state index >= 15 is 0 Å². The number of methoxy groups -OCH3 is 1. The number of hydrogen-bond acceptors (Lipinski definition) is 5. The molecule has 174 valence electrons. The van der Waals surface area contributed by atoms with Crippen LogP contribution in [-0.4, -0.2) is 28.0 Å². The standard InChI is InChI=1S/C24H25ClN2O5S/c1-16(2)17-8-11-19(12-9-17)32-15-24(28)26-18-10-13-22(31-3)23(14-18)33(29,30)27-21-7-5-4-6-20(21)25/h4-14,16,27H,15H2,1-3H3,(H,26,28). The SMILES string of the molecule is COc1ccc(NC(=O)COc2ccc(C(C)C)cc2)cc1S(=O)(=O)Nc1ccccc1Cl. The maximum Gasteiger partial charge on any atom is 0.265 e. The molecule has 0 atom stereocenters. The number of para-hydroxylation sites is 1. The van der Waals surface area contributed by atoms with Crippen molar-refractivity contribution in [3.05, 3.63) is 77.3 Å². The van der Waals surface area contributed by atoms with Crippen molar-refractivity contribution in [2.24, 2.45) is 0 Å². The highest BCUT2D eigenvalue weighted by molar-refractivity contribution is 7.92. The molecule has 0 fully saturated rings. The van der Waals surface area contributed by atoms with E-state index < -0.39 is 15.9 Å². The maximum absolute atomic E-state index is 13.0. The van der Waals surface area contributed by atoms with Crippen molar-refractivity contribution in [2.45, 2.75) is 24.7 Å². The summed E-state index contributed by atoms with van der Waals surface area (Å²) in [6.07, 6.45) is 0. The molecular weight excluding hydrogens is 464 g/mol. The van der Waals surface area contributed by atoms with E-state index in [0.717, 1.165) is 0 Å². The molecule has 9 heteroatoms. The van der Waals surface area contributed by atoms with Gasteiger partial charge < -0.3 is 14.8 Å². The van der Waals surface area contributed by atoms with E-state index in [-0.39, 0.29) is 33.6 Å². The van der Waals surface area contributed by atoms with Crippen molar-refractivity contribution in [3.63, 3.8) is 0 Å². The molecule has 0 heterocycles. The summed E-state index contributed by atoms with van der Waals surface area (Å²) >= 11 is 6.07. The lowest BCUT2D eigenvalue weighted by Crippen LogP contribution is -2.21. The van der Waals surface area contributed by atoms with Crippen LogP contribution in [0.1, 0.15) is 25.3 Å². The number of carbonyl (C=O) groups is 1. The van der Waals surface area contributed by atoms with E-state index in [1.807, 2.05) is 12.1 Å². The van der Waals surface area contributed by atoms with Gasteiger partial charge >= 0.3 is 0 Å². The number of nitrogens with one attached hydrogen (secondary N) is 2. The first-order valence-corrected chi connectivity index (χ1v) is 12.0. The van der Waals surface area contributed by atoms with Gasteiger partial charge in [-0.1, -0.05) is 49.7 Å². The third kappa shape index (κ3) is 6.40. The smallest absolute Gasteiger partial charge is 0.265 e. The monoisotopic (exact) mass is 488 g/mol. The normalized spacial score (nSPS) is 11.2. The van der Waals surface area contributed by atoms with Crippen LogP contribution in [0.4, 0.5) is 11.4 Å². The Bertz CT molecular complexity index is 1230. The molecule has 0 aliphatic rings. The van der Waals surface area contributed by atoms with E-state index in [1.54, 1.807) is 42.5 Å². The quantitative estimate of drug-likeness (QED) is 0.427. The summed E-state index contributed by atoms with van der Waals surface area (Å²) in [6.45, 7) is 3.96. The van der Waals surface area contributed by atoms with Gasteiger partial charge in [0.15, 0.2) is 6.61 Å². The number of amides is 1. The fourth-order valence-corrected chi connectivity index (χ4v) is 4.52. The zero-order valence-electron chi connectivity index (χ0n) is 18.5. The molecule has 0 unspecified atom stereocenters. The zero-order valence-corrected chi connectivity index (χ0v) is 20.0. The molecule has 3 aromatic rings. The average Bonchev–Trinajstić information content (AvgIpc) is 2.79. The number of rotatable bonds is 9. The molecule has 0 bridgehead atoms. The van der Waals surface area contributed by atoms with E-state index in [2.05, 4.69) is 23.9 Å². The Morgan fingerprint density at radius 2 is 1.73 bits per heavy atom. The van der Waals surface area contributed by atoms with Gasteiger partial charge in [0.05, 0.1) is 17.8 Å². The van der Waals surface area contributed by atoms with Gasteiger partial charge in [-0.2, -0.15) is 0 Å². The number of anilines is 2. The Hall–Kier alpha value is -3.23. The van der Waals surface area contributed by atoms with Crippen LogP contribution in [0.5, 0.6) is 11.5 Å². The van der Waals surface area contributed by atoms with E-state index in [0.29, 0.717) is 11.7 Å². The van der Waals surface area contributed by atoms with Crippen molar-refractivity contribution in [1.29, 1.82) is 0 Å². The molecule has 1 amide bonds. The predicted molar refractivity (Wildman–Crippen MR) is 130 cm³/mol. The Morgan fingerprint density at radius 1 is 1.03 bits per heavy atom. The number of halogens is 1. The summed E-state index contributed by atoms with van der Waals surface area (Å²) in [5.41, 5.74) is 1.68. The molecular formula is C24H25ClN2O5S.